The van der Waals surface area contributed by atoms with Crippen LogP contribution in [0.2, 0.25) is 0 Å². The Bertz CT molecular complexity index is 444. The first-order valence-corrected chi connectivity index (χ1v) is 8.50. The Kier molecular flexibility index (Phi) is 6.10. The lowest BCUT2D eigenvalue weighted by Crippen LogP contribution is -2.36. The number of rotatable bonds is 5. The first-order valence-electron chi connectivity index (χ1n) is 8.50. The van der Waals surface area contributed by atoms with E-state index in [2.05, 4.69) is 11.8 Å². The van der Waals surface area contributed by atoms with E-state index in [4.69, 9.17) is 18.9 Å². The molecule has 0 radical (unpaired) electrons. The Labute approximate surface area is 139 Å². The van der Waals surface area contributed by atoms with Crippen molar-refractivity contribution in [2.24, 2.45) is 0 Å². The number of aliphatic hydroxyl groups is 1. The molecule has 2 saturated heterocycles. The Hall–Kier alpha value is -0.640. The molecule has 2 fully saturated rings. The highest BCUT2D eigenvalue weighted by molar-refractivity contribution is 5.11. The highest BCUT2D eigenvalue weighted by atomic mass is 16.8. The Morgan fingerprint density at radius 2 is 2.00 bits per heavy atom. The second-order valence-corrected chi connectivity index (χ2v) is 7.20. The van der Waals surface area contributed by atoms with Crippen molar-refractivity contribution in [2.75, 3.05) is 20.3 Å². The molecule has 2 rings (SSSR count). The van der Waals surface area contributed by atoms with E-state index in [-0.39, 0.29) is 5.60 Å². The van der Waals surface area contributed by atoms with Gasteiger partial charge in [-0.15, -0.1) is 0 Å². The van der Waals surface area contributed by atoms with Gasteiger partial charge in [0, 0.05) is 20.0 Å². The molecule has 3 unspecified atom stereocenters. The van der Waals surface area contributed by atoms with Crippen LogP contribution in [0.15, 0.2) is 0 Å². The Morgan fingerprint density at radius 1 is 1.22 bits per heavy atom. The molecule has 2 aliphatic rings. The minimum atomic E-state index is -0.781. The maximum Gasteiger partial charge on any atom is 0.233 e. The van der Waals surface area contributed by atoms with Gasteiger partial charge in [0.25, 0.3) is 0 Å². The van der Waals surface area contributed by atoms with Crippen molar-refractivity contribution in [3.8, 4) is 11.8 Å². The third-order valence-corrected chi connectivity index (χ3v) is 4.41. The van der Waals surface area contributed by atoms with Crippen LogP contribution in [0.1, 0.15) is 59.3 Å². The first-order chi connectivity index (χ1) is 10.8. The quantitative estimate of drug-likeness (QED) is 0.787. The zero-order valence-corrected chi connectivity index (χ0v) is 14.8. The van der Waals surface area contributed by atoms with Crippen LogP contribution in [0.3, 0.4) is 0 Å². The molecule has 2 aliphatic heterocycles. The van der Waals surface area contributed by atoms with E-state index in [0.29, 0.717) is 26.1 Å². The van der Waals surface area contributed by atoms with E-state index in [9.17, 15) is 5.11 Å². The maximum atomic E-state index is 10.2. The van der Waals surface area contributed by atoms with Crippen LogP contribution in [-0.4, -0.2) is 48.7 Å². The van der Waals surface area contributed by atoms with Gasteiger partial charge in [0.15, 0.2) is 5.79 Å². The molecule has 2 heterocycles. The van der Waals surface area contributed by atoms with Crippen LogP contribution >= 0.6 is 0 Å². The van der Waals surface area contributed by atoms with Crippen LogP contribution in [0, 0.1) is 11.8 Å². The summed E-state index contributed by atoms with van der Waals surface area (Å²) >= 11 is 0. The summed E-state index contributed by atoms with van der Waals surface area (Å²) in [6, 6.07) is 0. The molecular weight excluding hydrogens is 296 g/mol. The summed E-state index contributed by atoms with van der Waals surface area (Å²) in [4.78, 5) is 0. The summed E-state index contributed by atoms with van der Waals surface area (Å²) in [7, 11) is 1.62. The predicted octanol–water partition coefficient (Wildman–Crippen LogP) is 2.61. The Balaban J connectivity index is 1.77. The van der Waals surface area contributed by atoms with Gasteiger partial charge in [0.2, 0.25) is 5.79 Å². The molecule has 0 aromatic rings. The van der Waals surface area contributed by atoms with Crippen LogP contribution in [-0.2, 0) is 18.9 Å². The minimum absolute atomic E-state index is 0.335. The fourth-order valence-corrected chi connectivity index (χ4v) is 3.06. The second kappa shape index (κ2) is 7.50. The van der Waals surface area contributed by atoms with Gasteiger partial charge < -0.3 is 24.1 Å². The molecule has 3 atom stereocenters. The van der Waals surface area contributed by atoms with Gasteiger partial charge in [-0.3, -0.25) is 0 Å². The van der Waals surface area contributed by atoms with Crippen LogP contribution in [0.4, 0.5) is 0 Å². The van der Waals surface area contributed by atoms with E-state index in [1.165, 1.54) is 0 Å². The maximum absolute atomic E-state index is 10.2. The first kappa shape index (κ1) is 18.7. The molecule has 0 bridgehead atoms. The normalized spacial score (nSPS) is 34.7. The lowest BCUT2D eigenvalue weighted by atomic mass is 9.97. The molecule has 0 saturated carbocycles. The molecular formula is C18H30O5. The average Bonchev–Trinajstić information content (AvgIpc) is 2.80. The molecule has 0 amide bonds. The Morgan fingerprint density at radius 3 is 2.57 bits per heavy atom. The van der Waals surface area contributed by atoms with E-state index in [1.54, 1.807) is 7.11 Å². The summed E-state index contributed by atoms with van der Waals surface area (Å²) in [5.74, 6) is 4.76. The van der Waals surface area contributed by atoms with Gasteiger partial charge >= 0.3 is 0 Å². The highest BCUT2D eigenvalue weighted by Crippen LogP contribution is 2.34. The van der Waals surface area contributed by atoms with Crippen LogP contribution < -0.4 is 0 Å². The highest BCUT2D eigenvalue weighted by Gasteiger charge is 2.41. The van der Waals surface area contributed by atoms with Crippen LogP contribution in [0.25, 0.3) is 0 Å². The van der Waals surface area contributed by atoms with Crippen molar-refractivity contribution in [1.29, 1.82) is 0 Å². The lowest BCUT2D eigenvalue weighted by Gasteiger charge is -2.30. The molecule has 0 spiro atoms. The van der Waals surface area contributed by atoms with Crippen molar-refractivity contribution in [3.63, 3.8) is 0 Å². The lowest BCUT2D eigenvalue weighted by molar-refractivity contribution is -0.201. The zero-order valence-electron chi connectivity index (χ0n) is 14.8. The fraction of sp³-hybridized carbons (Fsp3) is 0.889. The van der Waals surface area contributed by atoms with Gasteiger partial charge in [-0.25, -0.2) is 0 Å². The average molecular weight is 326 g/mol. The summed E-state index contributed by atoms with van der Waals surface area (Å²) in [6.45, 7) is 7.08. The van der Waals surface area contributed by atoms with E-state index < -0.39 is 17.7 Å². The van der Waals surface area contributed by atoms with Gasteiger partial charge in [-0.05, 0) is 52.4 Å². The van der Waals surface area contributed by atoms with Crippen molar-refractivity contribution < 1.29 is 24.1 Å². The van der Waals surface area contributed by atoms with Gasteiger partial charge in [-0.1, -0.05) is 5.92 Å². The van der Waals surface area contributed by atoms with E-state index >= 15 is 0 Å². The molecule has 132 valence electrons. The minimum Gasteiger partial charge on any atom is -0.392 e. The summed E-state index contributed by atoms with van der Waals surface area (Å²) < 4.78 is 22.6. The molecule has 23 heavy (non-hydrogen) atoms. The molecule has 1 N–H and O–H groups in total. The number of ether oxygens (including phenoxy) is 4. The number of hydrogen-bond acceptors (Lipinski definition) is 5. The number of methoxy groups -OCH3 is 1. The molecule has 0 aromatic carbocycles. The molecule has 0 aliphatic carbocycles. The zero-order chi connectivity index (χ0) is 17.0. The summed E-state index contributed by atoms with van der Waals surface area (Å²) in [6.07, 6.45) is 4.18. The van der Waals surface area contributed by atoms with Crippen molar-refractivity contribution >= 4 is 0 Å². The molecule has 0 aromatic heterocycles. The predicted molar refractivity (Wildman–Crippen MR) is 86.7 cm³/mol. The summed E-state index contributed by atoms with van der Waals surface area (Å²) in [5.41, 5.74) is -0.335. The topological polar surface area (TPSA) is 57.2 Å². The van der Waals surface area contributed by atoms with Crippen molar-refractivity contribution in [2.45, 2.75) is 82.6 Å². The van der Waals surface area contributed by atoms with E-state index in [1.807, 2.05) is 20.8 Å². The van der Waals surface area contributed by atoms with Gasteiger partial charge in [0.1, 0.15) is 0 Å². The SMILES string of the molecule is COC1(C#CCC(O)CCC2(C)COC(C)(C)O2)CCCCO1. The second-order valence-electron chi connectivity index (χ2n) is 7.20. The van der Waals surface area contributed by atoms with Gasteiger partial charge in [0.05, 0.1) is 24.9 Å². The van der Waals surface area contributed by atoms with Gasteiger partial charge in [-0.2, -0.15) is 0 Å². The standard InChI is InChI=1S/C18H30O5/c1-16(2)22-14-17(3,23-16)12-9-15(19)8-7-11-18(20-4)10-5-6-13-21-18/h15,19H,5-6,8-10,12-14H2,1-4H3. The largest absolute Gasteiger partial charge is 0.392 e. The summed E-state index contributed by atoms with van der Waals surface area (Å²) in [5, 5.41) is 10.2. The van der Waals surface area contributed by atoms with Crippen LogP contribution in [0.5, 0.6) is 0 Å². The fourth-order valence-electron chi connectivity index (χ4n) is 3.06. The monoisotopic (exact) mass is 326 g/mol. The molecule has 5 heteroatoms. The van der Waals surface area contributed by atoms with Crippen molar-refractivity contribution in [3.05, 3.63) is 0 Å². The van der Waals surface area contributed by atoms with E-state index in [0.717, 1.165) is 25.7 Å². The third-order valence-electron chi connectivity index (χ3n) is 4.41. The third kappa shape index (κ3) is 5.44. The van der Waals surface area contributed by atoms with Crippen molar-refractivity contribution in [1.82, 2.24) is 0 Å². The number of hydrogen-bond donors (Lipinski definition) is 1. The smallest absolute Gasteiger partial charge is 0.233 e. The number of aliphatic hydroxyl groups excluding tert-OH is 1. The molecule has 5 nitrogen and oxygen atoms in total.